The van der Waals surface area contributed by atoms with Crippen molar-refractivity contribution < 1.29 is 14.3 Å². The molecule has 130 valence electrons. The number of hydrogen-bond acceptors (Lipinski definition) is 5. The lowest BCUT2D eigenvalue weighted by atomic mass is 9.70. The molecule has 3 rings (SSSR count). The van der Waals surface area contributed by atoms with Crippen LogP contribution < -0.4 is 10.5 Å². The van der Waals surface area contributed by atoms with Gasteiger partial charge in [0.25, 0.3) is 0 Å². The molecule has 1 aliphatic carbocycles. The van der Waals surface area contributed by atoms with Crippen molar-refractivity contribution in [2.75, 3.05) is 7.11 Å². The molecule has 0 saturated heterocycles. The van der Waals surface area contributed by atoms with Gasteiger partial charge in [0, 0.05) is 24.0 Å². The maximum absolute atomic E-state index is 12.9. The quantitative estimate of drug-likeness (QED) is 0.810. The average molecular weight is 403 g/mol. The molecule has 1 aromatic rings. The minimum absolute atomic E-state index is 0.0153. The van der Waals surface area contributed by atoms with Gasteiger partial charge in [-0.3, -0.25) is 4.79 Å². The largest absolute Gasteiger partial charge is 0.495 e. The maximum atomic E-state index is 12.9. The number of nitrogens with zero attached hydrogens (tertiary/aromatic N) is 1. The van der Waals surface area contributed by atoms with Crippen LogP contribution in [0.3, 0.4) is 0 Å². The van der Waals surface area contributed by atoms with E-state index in [1.165, 1.54) is 0 Å². The lowest BCUT2D eigenvalue weighted by Crippen LogP contribution is -2.33. The number of benzene rings is 1. The molecule has 0 fully saturated rings. The minimum atomic E-state index is -0.579. The van der Waals surface area contributed by atoms with Gasteiger partial charge >= 0.3 is 0 Å². The van der Waals surface area contributed by atoms with Crippen LogP contribution in [0.5, 0.6) is 5.75 Å². The standard InChI is InChI=1S/C19H19BrN2O3/c1-19(2)7-13(23)16-14(8-19)25-18(22)11(9-21)15(16)10-5-4-6-12(20)17(10)24-3/h4-6,15H,7-8,22H2,1-3H3. The summed E-state index contributed by atoms with van der Waals surface area (Å²) in [5.74, 6) is 0.603. The highest BCUT2D eigenvalue weighted by atomic mass is 79.9. The third-order valence-electron chi connectivity index (χ3n) is 4.59. The maximum Gasteiger partial charge on any atom is 0.205 e. The zero-order valence-corrected chi connectivity index (χ0v) is 15.9. The van der Waals surface area contributed by atoms with Gasteiger partial charge in [-0.05, 0) is 27.4 Å². The van der Waals surface area contributed by atoms with Gasteiger partial charge < -0.3 is 15.2 Å². The monoisotopic (exact) mass is 402 g/mol. The fourth-order valence-electron chi connectivity index (χ4n) is 3.56. The Balaban J connectivity index is 2.26. The van der Waals surface area contributed by atoms with E-state index in [1.807, 2.05) is 32.0 Å². The van der Waals surface area contributed by atoms with Crippen molar-refractivity contribution in [3.8, 4) is 11.8 Å². The summed E-state index contributed by atoms with van der Waals surface area (Å²) in [7, 11) is 1.56. The number of halogens is 1. The third-order valence-corrected chi connectivity index (χ3v) is 5.21. The molecule has 1 aromatic carbocycles. The molecule has 25 heavy (non-hydrogen) atoms. The molecule has 6 heteroatoms. The normalized spacial score (nSPS) is 22.2. The van der Waals surface area contributed by atoms with Crippen LogP contribution in [0.4, 0.5) is 0 Å². The first-order valence-electron chi connectivity index (χ1n) is 7.95. The molecule has 5 nitrogen and oxygen atoms in total. The predicted molar refractivity (Wildman–Crippen MR) is 96.4 cm³/mol. The van der Waals surface area contributed by atoms with Crippen molar-refractivity contribution in [1.29, 1.82) is 5.26 Å². The first-order chi connectivity index (χ1) is 11.8. The lowest BCUT2D eigenvalue weighted by Gasteiger charge is -2.37. The summed E-state index contributed by atoms with van der Waals surface area (Å²) in [6, 6.07) is 7.67. The van der Waals surface area contributed by atoms with Crippen LogP contribution in [0.1, 0.15) is 38.2 Å². The van der Waals surface area contributed by atoms with Gasteiger partial charge in [-0.25, -0.2) is 0 Å². The number of nitrogens with two attached hydrogens (primary N) is 1. The first-order valence-corrected chi connectivity index (χ1v) is 8.74. The molecule has 0 radical (unpaired) electrons. The summed E-state index contributed by atoms with van der Waals surface area (Å²) in [5, 5.41) is 9.65. The average Bonchev–Trinajstić information content (AvgIpc) is 2.52. The van der Waals surface area contributed by atoms with Gasteiger partial charge in [-0.1, -0.05) is 26.0 Å². The molecule has 2 N–H and O–H groups in total. The van der Waals surface area contributed by atoms with E-state index >= 15 is 0 Å². The molecule has 1 atom stereocenters. The molecule has 1 unspecified atom stereocenters. The Kier molecular flexibility index (Phi) is 4.38. The number of ether oxygens (including phenoxy) is 2. The van der Waals surface area contributed by atoms with Crippen LogP contribution in [-0.4, -0.2) is 12.9 Å². The fourth-order valence-corrected chi connectivity index (χ4v) is 4.11. The van der Waals surface area contributed by atoms with Crippen LogP contribution in [0.2, 0.25) is 0 Å². The van der Waals surface area contributed by atoms with E-state index in [0.717, 1.165) is 10.0 Å². The van der Waals surface area contributed by atoms with Gasteiger partial charge in [0.2, 0.25) is 5.88 Å². The topological polar surface area (TPSA) is 85.3 Å². The molecular weight excluding hydrogens is 384 g/mol. The Labute approximate surface area is 155 Å². The Hall–Kier alpha value is -2.26. The third kappa shape index (κ3) is 2.93. The second-order valence-electron chi connectivity index (χ2n) is 7.06. The molecule has 0 amide bonds. The zero-order chi connectivity index (χ0) is 18.4. The number of rotatable bonds is 2. The fraction of sp³-hybridized carbons (Fsp3) is 0.368. The SMILES string of the molecule is COc1c(Br)cccc1C1C(C#N)=C(N)OC2=C1C(=O)CC(C)(C)C2. The summed E-state index contributed by atoms with van der Waals surface area (Å²) in [4.78, 5) is 12.9. The molecule has 0 aromatic heterocycles. The predicted octanol–water partition coefficient (Wildman–Crippen LogP) is 3.91. The number of methoxy groups -OCH3 is 1. The van der Waals surface area contributed by atoms with Crippen molar-refractivity contribution in [2.24, 2.45) is 11.1 Å². The molecular formula is C19H19BrN2O3. The van der Waals surface area contributed by atoms with Crippen LogP contribution in [-0.2, 0) is 9.53 Å². The van der Waals surface area contributed by atoms with Crippen molar-refractivity contribution in [3.63, 3.8) is 0 Å². The Bertz CT molecular complexity index is 862. The van der Waals surface area contributed by atoms with E-state index in [4.69, 9.17) is 15.2 Å². The number of Topliss-reactive ketones (excluding diaryl/α,β-unsaturated/α-hetero) is 1. The van der Waals surface area contributed by atoms with Crippen molar-refractivity contribution in [2.45, 2.75) is 32.6 Å². The number of hydrogen-bond donors (Lipinski definition) is 1. The smallest absolute Gasteiger partial charge is 0.205 e. The van der Waals surface area contributed by atoms with Gasteiger partial charge in [-0.15, -0.1) is 0 Å². The number of carbonyl (C=O) groups is 1. The highest BCUT2D eigenvalue weighted by molar-refractivity contribution is 9.10. The number of nitriles is 1. The number of carbonyl (C=O) groups excluding carboxylic acids is 1. The number of allylic oxidation sites excluding steroid dienone is 3. The van der Waals surface area contributed by atoms with Crippen molar-refractivity contribution >= 4 is 21.7 Å². The van der Waals surface area contributed by atoms with Crippen LogP contribution in [0, 0.1) is 16.7 Å². The van der Waals surface area contributed by atoms with Gasteiger partial charge in [0.15, 0.2) is 5.78 Å². The number of ketones is 1. The molecule has 1 heterocycles. The van der Waals surface area contributed by atoms with E-state index < -0.39 is 5.92 Å². The Morgan fingerprint density at radius 2 is 2.12 bits per heavy atom. The summed E-state index contributed by atoms with van der Waals surface area (Å²) in [6.45, 7) is 4.04. The van der Waals surface area contributed by atoms with Crippen molar-refractivity contribution in [1.82, 2.24) is 0 Å². The minimum Gasteiger partial charge on any atom is -0.495 e. The Morgan fingerprint density at radius 3 is 2.76 bits per heavy atom. The Morgan fingerprint density at radius 1 is 1.40 bits per heavy atom. The highest BCUT2D eigenvalue weighted by Crippen LogP contribution is 2.50. The van der Waals surface area contributed by atoms with E-state index in [1.54, 1.807) is 7.11 Å². The molecule has 0 spiro atoms. The second kappa shape index (κ2) is 6.23. The lowest BCUT2D eigenvalue weighted by molar-refractivity contribution is -0.119. The van der Waals surface area contributed by atoms with Gasteiger partial charge in [-0.2, -0.15) is 5.26 Å². The summed E-state index contributed by atoms with van der Waals surface area (Å²) < 4.78 is 12.0. The van der Waals surface area contributed by atoms with Crippen LogP contribution in [0.25, 0.3) is 0 Å². The zero-order valence-electron chi connectivity index (χ0n) is 14.4. The molecule has 1 aliphatic heterocycles. The van der Waals surface area contributed by atoms with E-state index in [9.17, 15) is 10.1 Å². The van der Waals surface area contributed by atoms with Gasteiger partial charge in [0.05, 0.1) is 17.5 Å². The van der Waals surface area contributed by atoms with E-state index in [0.29, 0.717) is 29.9 Å². The second-order valence-corrected chi connectivity index (χ2v) is 7.92. The van der Waals surface area contributed by atoms with Crippen LogP contribution in [0.15, 0.2) is 45.5 Å². The van der Waals surface area contributed by atoms with Crippen LogP contribution >= 0.6 is 15.9 Å². The van der Waals surface area contributed by atoms with Crippen molar-refractivity contribution in [3.05, 3.63) is 51.0 Å². The molecule has 0 bridgehead atoms. The first kappa shape index (κ1) is 17.6. The summed E-state index contributed by atoms with van der Waals surface area (Å²) in [5.41, 5.74) is 7.30. The highest BCUT2D eigenvalue weighted by Gasteiger charge is 2.43. The number of para-hydroxylation sites is 1. The van der Waals surface area contributed by atoms with E-state index in [2.05, 4.69) is 22.0 Å². The molecule has 2 aliphatic rings. The van der Waals surface area contributed by atoms with Gasteiger partial charge in [0.1, 0.15) is 23.2 Å². The summed E-state index contributed by atoms with van der Waals surface area (Å²) in [6.07, 6.45) is 1.00. The van der Waals surface area contributed by atoms with E-state index in [-0.39, 0.29) is 22.7 Å². The summed E-state index contributed by atoms with van der Waals surface area (Å²) >= 11 is 3.46. The molecule has 0 saturated carbocycles.